The van der Waals surface area contributed by atoms with Gasteiger partial charge in [-0.1, -0.05) is 13.0 Å². The molecule has 1 atom stereocenters. The fourth-order valence-electron chi connectivity index (χ4n) is 4.09. The van der Waals surface area contributed by atoms with E-state index in [1.807, 2.05) is 0 Å². The van der Waals surface area contributed by atoms with Gasteiger partial charge in [0.1, 0.15) is 6.10 Å². The number of benzene rings is 2. The van der Waals surface area contributed by atoms with Crippen LogP contribution in [-0.2, 0) is 19.6 Å². The maximum atomic E-state index is 12.9. The van der Waals surface area contributed by atoms with E-state index in [9.17, 15) is 18.0 Å². The highest BCUT2D eigenvalue weighted by Gasteiger charge is 2.28. The van der Waals surface area contributed by atoms with Crippen molar-refractivity contribution < 1.29 is 22.7 Å². The first-order valence-corrected chi connectivity index (χ1v) is 13.0. The van der Waals surface area contributed by atoms with E-state index in [1.54, 1.807) is 36.4 Å². The topological polar surface area (TPSA) is 108 Å². The van der Waals surface area contributed by atoms with Crippen LogP contribution in [0.4, 0.5) is 11.4 Å². The molecule has 2 amide bonds. The molecule has 9 nitrogen and oxygen atoms in total. The SMILES string of the molecule is CCN1CCN(S(=O)(=O)c2ccc(NC(=O)c3cccc(NC(=O)C4CCCO4)c3)cc2)CC1. The predicted octanol–water partition coefficient (Wildman–Crippen LogP) is 2.38. The summed E-state index contributed by atoms with van der Waals surface area (Å²) in [6.07, 6.45) is 1.09. The van der Waals surface area contributed by atoms with Crippen LogP contribution in [0.1, 0.15) is 30.1 Å². The zero-order valence-corrected chi connectivity index (χ0v) is 20.0. The lowest BCUT2D eigenvalue weighted by Gasteiger charge is -2.33. The Balaban J connectivity index is 1.38. The Morgan fingerprint density at radius 3 is 2.38 bits per heavy atom. The molecule has 2 aliphatic heterocycles. The van der Waals surface area contributed by atoms with Crippen LogP contribution in [-0.4, -0.2) is 74.9 Å². The quantitative estimate of drug-likeness (QED) is 0.622. The van der Waals surface area contributed by atoms with Crippen molar-refractivity contribution in [2.24, 2.45) is 0 Å². The number of carbonyl (C=O) groups excluding carboxylic acids is 2. The van der Waals surface area contributed by atoms with Crippen LogP contribution >= 0.6 is 0 Å². The van der Waals surface area contributed by atoms with E-state index in [4.69, 9.17) is 4.74 Å². The van der Waals surface area contributed by atoms with Crippen molar-refractivity contribution in [2.45, 2.75) is 30.8 Å². The Bertz CT molecular complexity index is 1120. The molecule has 2 aromatic carbocycles. The minimum absolute atomic E-state index is 0.203. The molecule has 4 rings (SSSR count). The van der Waals surface area contributed by atoms with Gasteiger partial charge in [-0.05, 0) is 61.9 Å². The van der Waals surface area contributed by atoms with Gasteiger partial charge in [-0.25, -0.2) is 8.42 Å². The van der Waals surface area contributed by atoms with Crippen molar-refractivity contribution in [1.29, 1.82) is 0 Å². The van der Waals surface area contributed by atoms with E-state index in [-0.39, 0.29) is 16.7 Å². The van der Waals surface area contributed by atoms with Crippen molar-refractivity contribution in [1.82, 2.24) is 9.21 Å². The summed E-state index contributed by atoms with van der Waals surface area (Å²) in [6, 6.07) is 12.8. The number of nitrogens with zero attached hydrogens (tertiary/aromatic N) is 2. The molecule has 0 aromatic heterocycles. The predicted molar refractivity (Wildman–Crippen MR) is 129 cm³/mol. The summed E-state index contributed by atoms with van der Waals surface area (Å²) in [5.41, 5.74) is 1.36. The van der Waals surface area contributed by atoms with Crippen LogP contribution in [0.3, 0.4) is 0 Å². The van der Waals surface area contributed by atoms with Gasteiger partial charge >= 0.3 is 0 Å². The number of amides is 2. The van der Waals surface area contributed by atoms with Crippen molar-refractivity contribution in [2.75, 3.05) is 50.0 Å². The number of piperazine rings is 1. The molecule has 2 aliphatic rings. The molecule has 2 saturated heterocycles. The molecule has 34 heavy (non-hydrogen) atoms. The minimum Gasteiger partial charge on any atom is -0.368 e. The Hall–Kier alpha value is -2.79. The molecule has 0 aliphatic carbocycles. The van der Waals surface area contributed by atoms with E-state index in [1.165, 1.54) is 16.4 Å². The summed E-state index contributed by atoms with van der Waals surface area (Å²) in [5.74, 6) is -0.581. The Morgan fingerprint density at radius 1 is 1.00 bits per heavy atom. The van der Waals surface area contributed by atoms with Gasteiger partial charge in [-0.2, -0.15) is 4.31 Å². The molecule has 1 unspecified atom stereocenters. The van der Waals surface area contributed by atoms with Crippen LogP contribution in [0.15, 0.2) is 53.4 Å². The van der Waals surface area contributed by atoms with Gasteiger partial charge in [0.15, 0.2) is 0 Å². The zero-order chi connectivity index (χ0) is 24.1. The third-order valence-electron chi connectivity index (χ3n) is 6.14. The van der Waals surface area contributed by atoms with Crippen LogP contribution in [0.2, 0.25) is 0 Å². The number of likely N-dealkylation sites (N-methyl/N-ethyl adjacent to an activating group) is 1. The summed E-state index contributed by atoms with van der Waals surface area (Å²) in [6.45, 7) is 5.93. The first-order chi connectivity index (χ1) is 16.4. The number of rotatable bonds is 7. The standard InChI is InChI=1S/C24H30N4O5S/c1-2-27-12-14-28(15-13-27)34(31,32)21-10-8-19(9-11-21)25-23(29)18-5-3-6-20(17-18)26-24(30)22-7-4-16-33-22/h3,5-6,8-11,17,22H,2,4,7,12-16H2,1H3,(H,25,29)(H,26,30). The van der Waals surface area contributed by atoms with Crippen molar-refractivity contribution >= 4 is 33.2 Å². The molecule has 2 aromatic rings. The summed E-state index contributed by atoms with van der Waals surface area (Å²) >= 11 is 0. The average molecular weight is 487 g/mol. The number of sulfonamides is 1. The smallest absolute Gasteiger partial charge is 0.255 e. The maximum Gasteiger partial charge on any atom is 0.255 e. The lowest BCUT2D eigenvalue weighted by atomic mass is 10.1. The fourth-order valence-corrected chi connectivity index (χ4v) is 5.52. The molecule has 2 heterocycles. The van der Waals surface area contributed by atoms with Crippen LogP contribution in [0, 0.1) is 0 Å². The number of carbonyl (C=O) groups is 2. The van der Waals surface area contributed by atoms with E-state index in [0.29, 0.717) is 43.1 Å². The van der Waals surface area contributed by atoms with Gasteiger partial charge in [0.05, 0.1) is 4.90 Å². The third-order valence-corrected chi connectivity index (χ3v) is 8.06. The molecule has 2 N–H and O–H groups in total. The summed E-state index contributed by atoms with van der Waals surface area (Å²) < 4.78 is 32.8. The monoisotopic (exact) mass is 486 g/mol. The highest BCUT2D eigenvalue weighted by atomic mass is 32.2. The second-order valence-electron chi connectivity index (χ2n) is 8.39. The van der Waals surface area contributed by atoms with Gasteiger partial charge in [-0.15, -0.1) is 0 Å². The number of hydrogen-bond acceptors (Lipinski definition) is 6. The molecule has 0 radical (unpaired) electrons. The number of hydrogen-bond donors (Lipinski definition) is 2. The molecular formula is C24H30N4O5S. The van der Waals surface area contributed by atoms with Crippen molar-refractivity contribution in [3.05, 3.63) is 54.1 Å². The van der Waals surface area contributed by atoms with Crippen LogP contribution < -0.4 is 10.6 Å². The first kappa shape index (κ1) is 24.3. The molecule has 10 heteroatoms. The highest BCUT2D eigenvalue weighted by Crippen LogP contribution is 2.21. The number of ether oxygens (including phenoxy) is 1. The Morgan fingerprint density at radius 2 is 1.74 bits per heavy atom. The van der Waals surface area contributed by atoms with Gasteiger partial charge in [0.25, 0.3) is 11.8 Å². The number of anilines is 2. The van der Waals surface area contributed by atoms with E-state index in [2.05, 4.69) is 22.5 Å². The highest BCUT2D eigenvalue weighted by molar-refractivity contribution is 7.89. The largest absolute Gasteiger partial charge is 0.368 e. The van der Waals surface area contributed by atoms with E-state index < -0.39 is 16.1 Å². The van der Waals surface area contributed by atoms with Gasteiger partial charge in [0.2, 0.25) is 10.0 Å². The summed E-state index contributed by atoms with van der Waals surface area (Å²) in [4.78, 5) is 27.4. The molecule has 0 bridgehead atoms. The Labute approximate surface area is 200 Å². The maximum absolute atomic E-state index is 12.9. The van der Waals surface area contributed by atoms with E-state index >= 15 is 0 Å². The third kappa shape index (κ3) is 5.64. The van der Waals surface area contributed by atoms with Crippen molar-refractivity contribution in [3.8, 4) is 0 Å². The normalized spacial score (nSPS) is 19.6. The van der Waals surface area contributed by atoms with Crippen LogP contribution in [0.5, 0.6) is 0 Å². The van der Waals surface area contributed by atoms with Gasteiger partial charge < -0.3 is 20.3 Å². The second-order valence-corrected chi connectivity index (χ2v) is 10.3. The van der Waals surface area contributed by atoms with Gasteiger partial charge in [0, 0.05) is 49.7 Å². The number of nitrogens with one attached hydrogen (secondary N) is 2. The Kier molecular flexibility index (Phi) is 7.62. The molecule has 2 fully saturated rings. The van der Waals surface area contributed by atoms with Gasteiger partial charge in [-0.3, -0.25) is 9.59 Å². The zero-order valence-electron chi connectivity index (χ0n) is 19.2. The molecule has 0 spiro atoms. The average Bonchev–Trinajstić information content (AvgIpc) is 3.40. The summed E-state index contributed by atoms with van der Waals surface area (Å²) in [5, 5.41) is 5.56. The minimum atomic E-state index is -3.57. The molecule has 182 valence electrons. The lowest BCUT2D eigenvalue weighted by Crippen LogP contribution is -2.48. The lowest BCUT2D eigenvalue weighted by molar-refractivity contribution is -0.124. The van der Waals surface area contributed by atoms with Crippen LogP contribution in [0.25, 0.3) is 0 Å². The van der Waals surface area contributed by atoms with Crippen molar-refractivity contribution in [3.63, 3.8) is 0 Å². The second kappa shape index (κ2) is 10.6. The fraction of sp³-hybridized carbons (Fsp3) is 0.417. The summed E-state index contributed by atoms with van der Waals surface area (Å²) in [7, 11) is -3.57. The van der Waals surface area contributed by atoms with E-state index in [0.717, 1.165) is 26.1 Å². The molecular weight excluding hydrogens is 456 g/mol. The first-order valence-electron chi connectivity index (χ1n) is 11.5. The molecule has 0 saturated carbocycles.